The molecule has 0 atom stereocenters. The Labute approximate surface area is 153 Å². The minimum absolute atomic E-state index is 0.234. The SMILES string of the molecule is O=C(c1cc2c(s1)CCCCCC2)N1CCN(c2cc[nH+]cc2)CC1. The Hall–Kier alpha value is -1.88. The average molecular weight is 357 g/mol. The monoisotopic (exact) mass is 356 g/mol. The molecule has 25 heavy (non-hydrogen) atoms. The summed E-state index contributed by atoms with van der Waals surface area (Å²) < 4.78 is 0. The van der Waals surface area contributed by atoms with Crippen molar-refractivity contribution in [3.05, 3.63) is 45.9 Å². The maximum atomic E-state index is 12.9. The van der Waals surface area contributed by atoms with Crippen LogP contribution < -0.4 is 9.88 Å². The van der Waals surface area contributed by atoms with Crippen molar-refractivity contribution >= 4 is 22.9 Å². The molecule has 0 spiro atoms. The van der Waals surface area contributed by atoms with E-state index in [9.17, 15) is 4.79 Å². The molecule has 0 bridgehead atoms. The van der Waals surface area contributed by atoms with Gasteiger partial charge in [0.2, 0.25) is 0 Å². The van der Waals surface area contributed by atoms with Crippen molar-refractivity contribution in [3.8, 4) is 0 Å². The van der Waals surface area contributed by atoms with Crippen LogP contribution in [-0.2, 0) is 12.8 Å². The number of hydrogen-bond acceptors (Lipinski definition) is 3. The van der Waals surface area contributed by atoms with E-state index >= 15 is 0 Å². The molecular formula is C20H26N3OS+. The van der Waals surface area contributed by atoms with Gasteiger partial charge in [-0.25, -0.2) is 4.98 Å². The molecule has 2 aromatic heterocycles. The van der Waals surface area contributed by atoms with Crippen molar-refractivity contribution in [2.75, 3.05) is 31.1 Å². The predicted molar refractivity (Wildman–Crippen MR) is 101 cm³/mol. The van der Waals surface area contributed by atoms with Gasteiger partial charge in [-0.3, -0.25) is 4.79 Å². The highest BCUT2D eigenvalue weighted by atomic mass is 32.1. The van der Waals surface area contributed by atoms with Crippen LogP contribution in [0, 0.1) is 0 Å². The fraction of sp³-hybridized carbons (Fsp3) is 0.500. The molecular weight excluding hydrogens is 330 g/mol. The van der Waals surface area contributed by atoms with E-state index in [1.807, 2.05) is 17.3 Å². The molecule has 1 saturated heterocycles. The normalized spacial score (nSPS) is 18.4. The van der Waals surface area contributed by atoms with Crippen molar-refractivity contribution < 1.29 is 9.78 Å². The number of H-pyrrole nitrogens is 1. The number of rotatable bonds is 2. The first-order valence-electron chi connectivity index (χ1n) is 9.43. The third kappa shape index (κ3) is 3.71. The van der Waals surface area contributed by atoms with Crippen LogP contribution in [0.3, 0.4) is 0 Å². The second kappa shape index (κ2) is 7.56. The molecule has 5 heteroatoms. The zero-order chi connectivity index (χ0) is 17.1. The highest BCUT2D eigenvalue weighted by molar-refractivity contribution is 7.14. The molecule has 132 valence electrons. The number of aromatic amines is 1. The summed E-state index contributed by atoms with van der Waals surface area (Å²) in [4.78, 5) is 22.8. The zero-order valence-electron chi connectivity index (χ0n) is 14.7. The van der Waals surface area contributed by atoms with Crippen molar-refractivity contribution in [2.45, 2.75) is 38.5 Å². The van der Waals surface area contributed by atoms with Crippen LogP contribution in [0.4, 0.5) is 5.69 Å². The van der Waals surface area contributed by atoms with Gasteiger partial charge in [-0.15, -0.1) is 11.3 Å². The topological polar surface area (TPSA) is 37.7 Å². The zero-order valence-corrected chi connectivity index (χ0v) is 15.5. The van der Waals surface area contributed by atoms with E-state index in [0.717, 1.165) is 43.9 Å². The largest absolute Gasteiger partial charge is 0.368 e. The number of nitrogens with one attached hydrogen (secondary N) is 1. The number of aromatic nitrogens is 1. The molecule has 0 saturated carbocycles. The van der Waals surface area contributed by atoms with Crippen LogP contribution >= 0.6 is 11.3 Å². The lowest BCUT2D eigenvalue weighted by molar-refractivity contribution is -0.377. The summed E-state index contributed by atoms with van der Waals surface area (Å²) in [5, 5.41) is 0. The van der Waals surface area contributed by atoms with Crippen molar-refractivity contribution in [1.82, 2.24) is 4.90 Å². The lowest BCUT2D eigenvalue weighted by Gasteiger charge is -2.35. The molecule has 0 radical (unpaired) electrons. The van der Waals surface area contributed by atoms with Crippen LogP contribution in [0.1, 0.15) is 45.8 Å². The number of carbonyl (C=O) groups excluding carboxylic acids is 1. The minimum atomic E-state index is 0.234. The Balaban J connectivity index is 1.41. The van der Waals surface area contributed by atoms with Crippen molar-refractivity contribution in [1.29, 1.82) is 0 Å². The molecule has 0 unspecified atom stereocenters. The number of thiophene rings is 1. The molecule has 1 aliphatic heterocycles. The molecule has 1 N–H and O–H groups in total. The van der Waals surface area contributed by atoms with E-state index in [2.05, 4.69) is 28.1 Å². The third-order valence-corrected chi connectivity index (χ3v) is 6.57. The number of amides is 1. The maximum Gasteiger partial charge on any atom is 0.264 e. The van der Waals surface area contributed by atoms with E-state index in [-0.39, 0.29) is 5.91 Å². The molecule has 2 aliphatic rings. The van der Waals surface area contributed by atoms with Crippen LogP contribution in [0.25, 0.3) is 0 Å². The second-order valence-electron chi connectivity index (χ2n) is 7.01. The van der Waals surface area contributed by atoms with Crippen molar-refractivity contribution in [3.63, 3.8) is 0 Å². The standard InChI is InChI=1S/C20H25N3OS/c24-20(19-15-16-5-3-1-2-4-6-18(16)25-19)23-13-11-22(12-14-23)17-7-9-21-10-8-17/h7-10,15H,1-6,11-14H2/p+1. The van der Waals surface area contributed by atoms with E-state index in [0.29, 0.717) is 0 Å². The van der Waals surface area contributed by atoms with Gasteiger partial charge in [-0.2, -0.15) is 0 Å². The van der Waals surface area contributed by atoms with Crippen molar-refractivity contribution in [2.24, 2.45) is 0 Å². The van der Waals surface area contributed by atoms with Gasteiger partial charge in [0.1, 0.15) is 0 Å². The van der Waals surface area contributed by atoms with Gasteiger partial charge in [0, 0.05) is 48.9 Å². The summed E-state index contributed by atoms with van der Waals surface area (Å²) >= 11 is 1.75. The number of aryl methyl sites for hydroxylation is 2. The fourth-order valence-electron chi connectivity index (χ4n) is 3.86. The molecule has 3 heterocycles. The second-order valence-corrected chi connectivity index (χ2v) is 8.15. The van der Waals surface area contributed by atoms with E-state index in [1.54, 1.807) is 11.3 Å². The molecule has 1 fully saturated rings. The molecule has 0 aromatic carbocycles. The first-order chi connectivity index (χ1) is 12.3. The smallest absolute Gasteiger partial charge is 0.264 e. The number of carbonyl (C=O) groups is 1. The Bertz CT molecular complexity index is 694. The van der Waals surface area contributed by atoms with Crippen LogP contribution in [0.15, 0.2) is 30.6 Å². The first kappa shape index (κ1) is 16.6. The summed E-state index contributed by atoms with van der Waals surface area (Å²) in [6, 6.07) is 6.38. The Kier molecular flexibility index (Phi) is 5.02. The van der Waals surface area contributed by atoms with Crippen LogP contribution in [0.2, 0.25) is 0 Å². The maximum absolute atomic E-state index is 12.9. The molecule has 1 amide bonds. The summed E-state index contributed by atoms with van der Waals surface area (Å²) in [6.07, 6.45) is 11.4. The number of hydrogen-bond donors (Lipinski definition) is 0. The van der Waals surface area contributed by atoms with Gasteiger partial charge in [0.05, 0.1) is 4.88 Å². The summed E-state index contributed by atoms with van der Waals surface area (Å²) in [5.41, 5.74) is 2.66. The van der Waals surface area contributed by atoms with E-state index < -0.39 is 0 Å². The fourth-order valence-corrected chi connectivity index (χ4v) is 5.08. The number of piperazine rings is 1. The summed E-state index contributed by atoms with van der Waals surface area (Å²) in [7, 11) is 0. The van der Waals surface area contributed by atoms with Crippen LogP contribution in [-0.4, -0.2) is 37.0 Å². The van der Waals surface area contributed by atoms with Gasteiger partial charge >= 0.3 is 0 Å². The molecule has 4 rings (SSSR count). The molecule has 2 aromatic rings. The van der Waals surface area contributed by atoms with E-state index in [4.69, 9.17) is 0 Å². The highest BCUT2D eigenvalue weighted by Gasteiger charge is 2.25. The Morgan fingerprint density at radius 3 is 2.44 bits per heavy atom. The third-order valence-electron chi connectivity index (χ3n) is 5.34. The summed E-state index contributed by atoms with van der Waals surface area (Å²) in [5.74, 6) is 0.234. The number of anilines is 1. The number of fused-ring (bicyclic) bond motifs is 1. The Morgan fingerprint density at radius 1 is 0.960 bits per heavy atom. The highest BCUT2D eigenvalue weighted by Crippen LogP contribution is 2.29. The van der Waals surface area contributed by atoms with E-state index in [1.165, 1.54) is 41.8 Å². The summed E-state index contributed by atoms with van der Waals surface area (Å²) in [6.45, 7) is 3.42. The van der Waals surface area contributed by atoms with Gasteiger partial charge < -0.3 is 9.80 Å². The van der Waals surface area contributed by atoms with Gasteiger partial charge in [0.15, 0.2) is 12.4 Å². The predicted octanol–water partition coefficient (Wildman–Crippen LogP) is 3.18. The van der Waals surface area contributed by atoms with Crippen LogP contribution in [0.5, 0.6) is 0 Å². The Morgan fingerprint density at radius 2 is 1.68 bits per heavy atom. The molecule has 4 nitrogen and oxygen atoms in total. The quantitative estimate of drug-likeness (QED) is 0.829. The average Bonchev–Trinajstić information content (AvgIpc) is 3.04. The first-order valence-corrected chi connectivity index (χ1v) is 10.2. The molecule has 1 aliphatic carbocycles. The van der Waals surface area contributed by atoms with Gasteiger partial charge in [0.25, 0.3) is 5.91 Å². The lowest BCUT2D eigenvalue weighted by Crippen LogP contribution is -2.48. The van der Waals surface area contributed by atoms with Gasteiger partial charge in [-0.05, 0) is 37.3 Å². The number of pyridine rings is 1. The number of nitrogens with zero attached hydrogens (tertiary/aromatic N) is 2. The minimum Gasteiger partial charge on any atom is -0.368 e. The van der Waals surface area contributed by atoms with Gasteiger partial charge in [-0.1, -0.05) is 12.8 Å². The lowest BCUT2D eigenvalue weighted by atomic mass is 10.00.